The van der Waals surface area contributed by atoms with Gasteiger partial charge in [-0.05, 0) is 25.1 Å². The summed E-state index contributed by atoms with van der Waals surface area (Å²) in [5, 5.41) is 3.44. The van der Waals surface area contributed by atoms with E-state index in [1.54, 1.807) is 7.11 Å². The van der Waals surface area contributed by atoms with Crippen molar-refractivity contribution < 1.29 is 4.74 Å². The van der Waals surface area contributed by atoms with E-state index in [-0.39, 0.29) is 5.41 Å². The number of aromatic nitrogens is 1. The van der Waals surface area contributed by atoms with Crippen molar-refractivity contribution in [2.45, 2.75) is 45.6 Å². The molecule has 0 unspecified atom stereocenters. The van der Waals surface area contributed by atoms with Crippen LogP contribution in [0.4, 0.5) is 0 Å². The number of methoxy groups -OCH3 is 1. The normalized spacial score (nSPS) is 11.9. The molecule has 3 nitrogen and oxygen atoms in total. The molecule has 17 heavy (non-hydrogen) atoms. The van der Waals surface area contributed by atoms with Crippen LogP contribution in [-0.2, 0) is 5.41 Å². The number of rotatable bonds is 6. The third-order valence-corrected chi connectivity index (χ3v) is 2.93. The van der Waals surface area contributed by atoms with Crippen molar-refractivity contribution in [2.24, 2.45) is 0 Å². The van der Waals surface area contributed by atoms with Crippen molar-refractivity contribution >= 4 is 0 Å². The van der Waals surface area contributed by atoms with Gasteiger partial charge < -0.3 is 10.1 Å². The molecule has 0 spiro atoms. The summed E-state index contributed by atoms with van der Waals surface area (Å²) < 4.78 is 5.38. The molecule has 0 saturated carbocycles. The van der Waals surface area contributed by atoms with Crippen LogP contribution in [-0.4, -0.2) is 24.7 Å². The lowest BCUT2D eigenvalue weighted by Gasteiger charge is -2.26. The Morgan fingerprint density at radius 1 is 1.41 bits per heavy atom. The average Bonchev–Trinajstić information content (AvgIpc) is 2.28. The van der Waals surface area contributed by atoms with Crippen molar-refractivity contribution in [1.82, 2.24) is 10.3 Å². The SMILES string of the molecule is COc1cccnc1C(C)(C)CCNC(C)C. The van der Waals surface area contributed by atoms with E-state index < -0.39 is 0 Å². The maximum Gasteiger partial charge on any atom is 0.140 e. The van der Waals surface area contributed by atoms with Crippen LogP contribution >= 0.6 is 0 Å². The lowest BCUT2D eigenvalue weighted by molar-refractivity contribution is 0.371. The van der Waals surface area contributed by atoms with E-state index in [0.29, 0.717) is 6.04 Å². The number of hydrogen-bond donors (Lipinski definition) is 1. The second-order valence-electron chi connectivity index (χ2n) is 5.30. The van der Waals surface area contributed by atoms with Gasteiger partial charge in [-0.3, -0.25) is 4.98 Å². The van der Waals surface area contributed by atoms with Gasteiger partial charge in [0.2, 0.25) is 0 Å². The summed E-state index contributed by atoms with van der Waals surface area (Å²) >= 11 is 0. The highest BCUT2D eigenvalue weighted by Crippen LogP contribution is 2.31. The quantitative estimate of drug-likeness (QED) is 0.824. The summed E-state index contributed by atoms with van der Waals surface area (Å²) in [6.45, 7) is 9.73. The molecule has 0 fully saturated rings. The molecule has 0 atom stereocenters. The fourth-order valence-electron chi connectivity index (χ4n) is 1.86. The van der Waals surface area contributed by atoms with Gasteiger partial charge in [-0.2, -0.15) is 0 Å². The first-order valence-corrected chi connectivity index (χ1v) is 6.20. The predicted octanol–water partition coefficient (Wildman–Crippen LogP) is 2.76. The lowest BCUT2D eigenvalue weighted by Crippen LogP contribution is -2.30. The summed E-state index contributed by atoms with van der Waals surface area (Å²) in [6, 6.07) is 4.40. The van der Waals surface area contributed by atoms with Crippen LogP contribution in [0, 0.1) is 0 Å². The molecule has 1 rings (SSSR count). The zero-order chi connectivity index (χ0) is 12.9. The highest BCUT2D eigenvalue weighted by molar-refractivity contribution is 5.32. The first-order valence-electron chi connectivity index (χ1n) is 6.20. The monoisotopic (exact) mass is 236 g/mol. The van der Waals surface area contributed by atoms with Gasteiger partial charge in [-0.1, -0.05) is 27.7 Å². The van der Waals surface area contributed by atoms with Gasteiger partial charge in [0.15, 0.2) is 0 Å². The van der Waals surface area contributed by atoms with E-state index >= 15 is 0 Å². The fourth-order valence-corrected chi connectivity index (χ4v) is 1.86. The minimum Gasteiger partial charge on any atom is -0.495 e. The molecule has 1 N–H and O–H groups in total. The third kappa shape index (κ3) is 4.00. The number of ether oxygens (including phenoxy) is 1. The highest BCUT2D eigenvalue weighted by atomic mass is 16.5. The van der Waals surface area contributed by atoms with Gasteiger partial charge in [0.05, 0.1) is 12.8 Å². The van der Waals surface area contributed by atoms with E-state index in [9.17, 15) is 0 Å². The second-order valence-corrected chi connectivity index (χ2v) is 5.30. The Morgan fingerprint density at radius 2 is 2.12 bits per heavy atom. The summed E-state index contributed by atoms with van der Waals surface area (Å²) in [5.74, 6) is 0.877. The molecule has 1 aromatic rings. The van der Waals surface area contributed by atoms with E-state index in [4.69, 9.17) is 4.74 Å². The molecule has 0 amide bonds. The van der Waals surface area contributed by atoms with Gasteiger partial charge in [-0.25, -0.2) is 0 Å². The van der Waals surface area contributed by atoms with E-state index in [0.717, 1.165) is 24.4 Å². The lowest BCUT2D eigenvalue weighted by atomic mass is 9.84. The van der Waals surface area contributed by atoms with Crippen LogP contribution in [0.25, 0.3) is 0 Å². The molecular weight excluding hydrogens is 212 g/mol. The highest BCUT2D eigenvalue weighted by Gasteiger charge is 2.25. The first kappa shape index (κ1) is 14.0. The zero-order valence-electron chi connectivity index (χ0n) is 11.6. The number of nitrogens with zero attached hydrogens (tertiary/aromatic N) is 1. The maximum absolute atomic E-state index is 5.38. The predicted molar refractivity (Wildman–Crippen MR) is 71.6 cm³/mol. The Hall–Kier alpha value is -1.09. The second kappa shape index (κ2) is 6.01. The van der Waals surface area contributed by atoms with Gasteiger partial charge in [0.1, 0.15) is 5.75 Å². The van der Waals surface area contributed by atoms with Crippen LogP contribution in [0.1, 0.15) is 39.8 Å². The number of nitrogens with one attached hydrogen (secondary N) is 1. The van der Waals surface area contributed by atoms with E-state index in [2.05, 4.69) is 38.0 Å². The molecular formula is C14H24N2O. The van der Waals surface area contributed by atoms with Gasteiger partial charge in [0, 0.05) is 17.7 Å². The smallest absolute Gasteiger partial charge is 0.140 e. The third-order valence-electron chi connectivity index (χ3n) is 2.93. The Morgan fingerprint density at radius 3 is 2.71 bits per heavy atom. The molecule has 0 bridgehead atoms. The summed E-state index contributed by atoms with van der Waals surface area (Å²) in [5.41, 5.74) is 1.06. The standard InChI is InChI=1S/C14H24N2O/c1-11(2)15-10-8-14(3,4)13-12(17-5)7-6-9-16-13/h6-7,9,11,15H,8,10H2,1-5H3. The molecule has 0 aliphatic rings. The van der Waals surface area contributed by atoms with Crippen LogP contribution in [0.2, 0.25) is 0 Å². The Kier molecular flexibility index (Phi) is 4.94. The molecule has 0 saturated heterocycles. The molecule has 3 heteroatoms. The van der Waals surface area contributed by atoms with Crippen LogP contribution in [0.5, 0.6) is 5.75 Å². The topological polar surface area (TPSA) is 34.1 Å². The molecule has 0 aliphatic heterocycles. The molecule has 0 aromatic carbocycles. The number of hydrogen-bond acceptors (Lipinski definition) is 3. The van der Waals surface area contributed by atoms with Crippen molar-refractivity contribution in [3.05, 3.63) is 24.0 Å². The molecule has 1 heterocycles. The Bertz CT molecular complexity index is 348. The average molecular weight is 236 g/mol. The van der Waals surface area contributed by atoms with E-state index in [1.807, 2.05) is 18.3 Å². The number of pyridine rings is 1. The fraction of sp³-hybridized carbons (Fsp3) is 0.643. The van der Waals surface area contributed by atoms with Crippen LogP contribution < -0.4 is 10.1 Å². The van der Waals surface area contributed by atoms with Crippen molar-refractivity contribution in [2.75, 3.05) is 13.7 Å². The zero-order valence-corrected chi connectivity index (χ0v) is 11.6. The summed E-state index contributed by atoms with van der Waals surface area (Å²) in [7, 11) is 1.70. The van der Waals surface area contributed by atoms with Gasteiger partial charge >= 0.3 is 0 Å². The first-order chi connectivity index (χ1) is 7.97. The molecule has 0 aliphatic carbocycles. The van der Waals surface area contributed by atoms with Crippen molar-refractivity contribution in [3.8, 4) is 5.75 Å². The van der Waals surface area contributed by atoms with Gasteiger partial charge in [-0.15, -0.1) is 0 Å². The Labute approximate surface area is 105 Å². The van der Waals surface area contributed by atoms with Gasteiger partial charge in [0.25, 0.3) is 0 Å². The Balaban J connectivity index is 2.74. The summed E-state index contributed by atoms with van der Waals surface area (Å²) in [6.07, 6.45) is 2.87. The van der Waals surface area contributed by atoms with Crippen molar-refractivity contribution in [1.29, 1.82) is 0 Å². The molecule has 0 radical (unpaired) electrons. The maximum atomic E-state index is 5.38. The van der Waals surface area contributed by atoms with Crippen molar-refractivity contribution in [3.63, 3.8) is 0 Å². The minimum atomic E-state index is 0.0223. The summed E-state index contributed by atoms with van der Waals surface area (Å²) in [4.78, 5) is 4.47. The van der Waals surface area contributed by atoms with E-state index in [1.165, 1.54) is 0 Å². The van der Waals surface area contributed by atoms with Crippen LogP contribution in [0.15, 0.2) is 18.3 Å². The molecule has 96 valence electrons. The molecule has 1 aromatic heterocycles. The largest absolute Gasteiger partial charge is 0.495 e. The minimum absolute atomic E-state index is 0.0223. The van der Waals surface area contributed by atoms with Crippen LogP contribution in [0.3, 0.4) is 0 Å².